The highest BCUT2D eigenvalue weighted by Gasteiger charge is 2.37. The average Bonchev–Trinajstić information content (AvgIpc) is 2.24. The van der Waals surface area contributed by atoms with E-state index < -0.39 is 27.9 Å². The number of rotatable bonds is 3. The first-order chi connectivity index (χ1) is 8.23. The maximum Gasteiger partial charge on any atom is 0.416 e. The number of hydrogen-bond donors (Lipinski definition) is 0. The summed E-state index contributed by atoms with van der Waals surface area (Å²) in [4.78, 5) is 9.94. The Balaban J connectivity index is 3.45. The molecule has 0 bridgehead atoms. The predicted octanol–water partition coefficient (Wildman–Crippen LogP) is 4.20. The van der Waals surface area contributed by atoms with Gasteiger partial charge in [-0.2, -0.15) is 13.2 Å². The Kier molecular flexibility index (Phi) is 4.11. The molecule has 1 rings (SSSR count). The summed E-state index contributed by atoms with van der Waals surface area (Å²) in [6, 6.07) is 4.86. The molecule has 1 aromatic carbocycles. The third-order valence-electron chi connectivity index (χ3n) is 2.20. The number of allylic oxidation sites excluding steroid dienone is 2. The molecule has 0 saturated carbocycles. The summed E-state index contributed by atoms with van der Waals surface area (Å²) in [6.45, 7) is 3.17. The van der Waals surface area contributed by atoms with Crippen LogP contribution in [0.2, 0.25) is 0 Å². The van der Waals surface area contributed by atoms with Crippen LogP contribution in [0.5, 0.6) is 0 Å². The molecule has 1 aromatic rings. The molecule has 0 radical (unpaired) electrons. The highest BCUT2D eigenvalue weighted by molar-refractivity contribution is 5.76. The van der Waals surface area contributed by atoms with Crippen molar-refractivity contribution in [3.05, 3.63) is 46.0 Å². The molecule has 18 heavy (non-hydrogen) atoms. The van der Waals surface area contributed by atoms with Crippen LogP contribution in [-0.4, -0.2) is 11.1 Å². The van der Waals surface area contributed by atoms with E-state index >= 15 is 0 Å². The maximum absolute atomic E-state index is 12.9. The molecule has 0 heterocycles. The fourth-order valence-corrected chi connectivity index (χ4v) is 1.53. The molecule has 0 amide bonds. The van der Waals surface area contributed by atoms with Crippen LogP contribution in [0.3, 0.4) is 0 Å². The van der Waals surface area contributed by atoms with E-state index in [2.05, 4.69) is 0 Å². The molecule has 0 aliphatic rings. The van der Waals surface area contributed by atoms with Crippen molar-refractivity contribution in [3.63, 3.8) is 0 Å². The summed E-state index contributed by atoms with van der Waals surface area (Å²) < 4.78 is 38.8. The molecule has 0 unspecified atom stereocenters. The first-order valence-corrected chi connectivity index (χ1v) is 5.26. The van der Waals surface area contributed by atoms with Crippen molar-refractivity contribution in [2.24, 2.45) is 5.92 Å². The molecule has 0 N–H and O–H groups in total. The highest BCUT2D eigenvalue weighted by Crippen LogP contribution is 2.38. The minimum atomic E-state index is -4.61. The third kappa shape index (κ3) is 3.32. The number of para-hydroxylation sites is 1. The fourth-order valence-electron chi connectivity index (χ4n) is 1.53. The van der Waals surface area contributed by atoms with Crippen molar-refractivity contribution in [3.8, 4) is 0 Å². The van der Waals surface area contributed by atoms with E-state index in [9.17, 15) is 23.3 Å². The minimum absolute atomic E-state index is 0.360. The Bertz CT molecular complexity index is 478. The molecule has 0 aromatic heterocycles. The first-order valence-electron chi connectivity index (χ1n) is 5.26. The molecule has 0 aliphatic heterocycles. The molecule has 98 valence electrons. The molecule has 0 fully saturated rings. The smallest absolute Gasteiger partial charge is 0.258 e. The quantitative estimate of drug-likeness (QED) is 0.603. The third-order valence-corrected chi connectivity index (χ3v) is 2.20. The molecular weight excluding hydrogens is 247 g/mol. The topological polar surface area (TPSA) is 43.1 Å². The van der Waals surface area contributed by atoms with Crippen LogP contribution in [0.1, 0.15) is 19.4 Å². The van der Waals surface area contributed by atoms with Crippen LogP contribution in [0.15, 0.2) is 30.3 Å². The van der Waals surface area contributed by atoms with Gasteiger partial charge < -0.3 is 0 Å². The molecule has 0 atom stereocenters. The number of nitrogens with zero attached hydrogens (tertiary/aromatic N) is 1. The Morgan fingerprint density at radius 3 is 2.33 bits per heavy atom. The van der Waals surface area contributed by atoms with E-state index in [1.807, 2.05) is 0 Å². The summed E-state index contributed by atoms with van der Waals surface area (Å²) in [5.74, 6) is -0.360. The molecular formula is C12H12F3NO2. The van der Waals surface area contributed by atoms with Gasteiger partial charge in [0.2, 0.25) is 0 Å². The average molecular weight is 259 g/mol. The van der Waals surface area contributed by atoms with Crippen LogP contribution in [0.25, 0.3) is 5.57 Å². The van der Waals surface area contributed by atoms with Gasteiger partial charge in [0.1, 0.15) is 0 Å². The van der Waals surface area contributed by atoms with Gasteiger partial charge in [0.05, 0.1) is 16.1 Å². The molecule has 3 nitrogen and oxygen atoms in total. The Labute approximate surface area is 102 Å². The lowest BCUT2D eigenvalue weighted by Crippen LogP contribution is -2.13. The Morgan fingerprint density at radius 1 is 1.33 bits per heavy atom. The normalized spacial score (nSPS) is 12.9. The molecule has 0 aliphatic carbocycles. The zero-order valence-corrected chi connectivity index (χ0v) is 9.86. The lowest BCUT2D eigenvalue weighted by Gasteiger charge is -2.13. The number of alkyl halides is 3. The second-order valence-corrected chi connectivity index (χ2v) is 4.10. The summed E-state index contributed by atoms with van der Waals surface area (Å²) in [7, 11) is 0. The number of nitro groups is 1. The van der Waals surface area contributed by atoms with Crippen LogP contribution in [0.4, 0.5) is 18.9 Å². The van der Waals surface area contributed by atoms with Crippen LogP contribution >= 0.6 is 0 Å². The van der Waals surface area contributed by atoms with Crippen LogP contribution in [-0.2, 0) is 0 Å². The van der Waals surface area contributed by atoms with Gasteiger partial charge in [-0.1, -0.05) is 32.1 Å². The lowest BCUT2D eigenvalue weighted by molar-refractivity contribution is -0.385. The zero-order chi connectivity index (χ0) is 13.9. The minimum Gasteiger partial charge on any atom is -0.258 e. The van der Waals surface area contributed by atoms with Gasteiger partial charge in [0.15, 0.2) is 0 Å². The number of nitro benzene ring substituents is 1. The van der Waals surface area contributed by atoms with Gasteiger partial charge in [-0.25, -0.2) is 0 Å². The van der Waals surface area contributed by atoms with Crippen molar-refractivity contribution in [2.75, 3.05) is 0 Å². The van der Waals surface area contributed by atoms with Crippen molar-refractivity contribution in [2.45, 2.75) is 20.0 Å². The number of hydrogen-bond acceptors (Lipinski definition) is 2. The van der Waals surface area contributed by atoms with E-state index in [4.69, 9.17) is 0 Å². The van der Waals surface area contributed by atoms with E-state index in [0.29, 0.717) is 0 Å². The number of benzene rings is 1. The van der Waals surface area contributed by atoms with Gasteiger partial charge >= 0.3 is 6.18 Å². The van der Waals surface area contributed by atoms with Crippen molar-refractivity contribution >= 4 is 11.3 Å². The van der Waals surface area contributed by atoms with E-state index in [0.717, 1.165) is 18.2 Å². The van der Waals surface area contributed by atoms with Crippen LogP contribution < -0.4 is 0 Å². The lowest BCUT2D eigenvalue weighted by atomic mass is 9.99. The van der Waals surface area contributed by atoms with E-state index in [1.165, 1.54) is 12.1 Å². The van der Waals surface area contributed by atoms with Crippen LogP contribution in [0, 0.1) is 16.0 Å². The second kappa shape index (κ2) is 5.20. The maximum atomic E-state index is 12.9. The summed E-state index contributed by atoms with van der Waals surface area (Å²) in [5.41, 5.74) is -1.91. The predicted molar refractivity (Wildman–Crippen MR) is 62.0 cm³/mol. The SMILES string of the molecule is CC(C)/C=C(/c1ccccc1[N+](=O)[O-])C(F)(F)F. The molecule has 0 saturated heterocycles. The van der Waals surface area contributed by atoms with E-state index in [-0.39, 0.29) is 5.92 Å². The largest absolute Gasteiger partial charge is 0.416 e. The Morgan fingerprint density at radius 2 is 1.89 bits per heavy atom. The van der Waals surface area contributed by atoms with Gasteiger partial charge in [-0.05, 0) is 12.0 Å². The van der Waals surface area contributed by atoms with Gasteiger partial charge in [0, 0.05) is 6.07 Å². The standard InChI is InChI=1S/C12H12F3NO2/c1-8(2)7-10(12(13,14)15)9-5-3-4-6-11(9)16(17)18/h3-8H,1-2H3/b10-7-. The number of halogens is 3. The van der Waals surface area contributed by atoms with Gasteiger partial charge in [0.25, 0.3) is 5.69 Å². The molecule has 0 spiro atoms. The first kappa shape index (κ1) is 14.2. The zero-order valence-electron chi connectivity index (χ0n) is 9.86. The van der Waals surface area contributed by atoms with Crippen molar-refractivity contribution in [1.82, 2.24) is 0 Å². The summed E-state index contributed by atoms with van der Waals surface area (Å²) in [6.07, 6.45) is -3.63. The Hall–Kier alpha value is -1.85. The molecule has 6 heteroatoms. The fraction of sp³-hybridized carbons (Fsp3) is 0.333. The monoisotopic (exact) mass is 259 g/mol. The van der Waals surface area contributed by atoms with Crippen molar-refractivity contribution in [1.29, 1.82) is 0 Å². The van der Waals surface area contributed by atoms with Crippen molar-refractivity contribution < 1.29 is 18.1 Å². The summed E-state index contributed by atoms with van der Waals surface area (Å²) in [5, 5.41) is 10.7. The van der Waals surface area contributed by atoms with E-state index in [1.54, 1.807) is 13.8 Å². The highest BCUT2D eigenvalue weighted by atomic mass is 19.4. The summed E-state index contributed by atoms with van der Waals surface area (Å²) >= 11 is 0. The van der Waals surface area contributed by atoms with Gasteiger partial charge in [-0.15, -0.1) is 0 Å². The second-order valence-electron chi connectivity index (χ2n) is 4.10. The van der Waals surface area contributed by atoms with Gasteiger partial charge in [-0.3, -0.25) is 10.1 Å².